The summed E-state index contributed by atoms with van der Waals surface area (Å²) in [7, 11) is 0. The number of likely N-dealkylation sites (N-methyl/N-ethyl adjacent to an activating group) is 1. The monoisotopic (exact) mass is 223 g/mol. The van der Waals surface area contributed by atoms with E-state index in [1.54, 1.807) is 6.20 Å². The Balaban J connectivity index is 2.97. The summed E-state index contributed by atoms with van der Waals surface area (Å²) in [6.07, 6.45) is 3.57. The third-order valence-electron chi connectivity index (χ3n) is 2.45. The molecule has 0 aliphatic carbocycles. The van der Waals surface area contributed by atoms with Crippen molar-refractivity contribution in [3.63, 3.8) is 0 Å². The lowest BCUT2D eigenvalue weighted by atomic mass is 10.1. The van der Waals surface area contributed by atoms with Crippen LogP contribution in [0.15, 0.2) is 24.5 Å². The van der Waals surface area contributed by atoms with Gasteiger partial charge in [-0.3, -0.25) is 9.88 Å². The fraction of sp³-hybridized carbons (Fsp3) is 0.455. The maximum atomic E-state index is 5.78. The lowest BCUT2D eigenvalue weighted by molar-refractivity contribution is 0.272. The van der Waals surface area contributed by atoms with Gasteiger partial charge in [0.25, 0.3) is 0 Å². The van der Waals surface area contributed by atoms with Crippen LogP contribution in [0.2, 0.25) is 0 Å². The second-order valence-corrected chi connectivity index (χ2v) is 3.78. The van der Waals surface area contributed by atoms with Crippen LogP contribution >= 0.6 is 12.2 Å². The molecule has 3 nitrogen and oxygen atoms in total. The molecule has 0 spiro atoms. The van der Waals surface area contributed by atoms with Gasteiger partial charge in [-0.25, -0.2) is 0 Å². The summed E-state index contributed by atoms with van der Waals surface area (Å²) in [6.45, 7) is 6.05. The van der Waals surface area contributed by atoms with E-state index < -0.39 is 0 Å². The summed E-state index contributed by atoms with van der Waals surface area (Å²) in [5.74, 6) is 0. The first-order valence-electron chi connectivity index (χ1n) is 5.14. The van der Waals surface area contributed by atoms with Crippen molar-refractivity contribution in [3.8, 4) is 0 Å². The van der Waals surface area contributed by atoms with Gasteiger partial charge in [0, 0.05) is 12.4 Å². The number of thiocarbonyl (C=S) groups is 1. The van der Waals surface area contributed by atoms with Crippen molar-refractivity contribution in [3.05, 3.63) is 30.1 Å². The lowest BCUT2D eigenvalue weighted by Crippen LogP contribution is -2.36. The molecule has 0 saturated carbocycles. The molecule has 0 aliphatic heterocycles. The Hall–Kier alpha value is -1.00. The van der Waals surface area contributed by atoms with E-state index in [2.05, 4.69) is 23.7 Å². The SMILES string of the molecule is CCN(CC)C(C(N)=S)c1cccnc1. The van der Waals surface area contributed by atoms with E-state index in [0.29, 0.717) is 4.99 Å². The molecule has 0 saturated heterocycles. The second kappa shape index (κ2) is 5.78. The molecule has 2 N–H and O–H groups in total. The van der Waals surface area contributed by atoms with Gasteiger partial charge in [0.1, 0.15) is 0 Å². The lowest BCUT2D eigenvalue weighted by Gasteiger charge is -2.28. The maximum Gasteiger partial charge on any atom is 0.0948 e. The fourth-order valence-corrected chi connectivity index (χ4v) is 1.97. The van der Waals surface area contributed by atoms with Crippen molar-refractivity contribution >= 4 is 17.2 Å². The highest BCUT2D eigenvalue weighted by molar-refractivity contribution is 7.80. The van der Waals surface area contributed by atoms with Crippen LogP contribution in [-0.4, -0.2) is 28.0 Å². The first-order valence-corrected chi connectivity index (χ1v) is 5.54. The summed E-state index contributed by atoms with van der Waals surface area (Å²) in [5.41, 5.74) is 6.85. The van der Waals surface area contributed by atoms with Crippen molar-refractivity contribution in [1.82, 2.24) is 9.88 Å². The number of nitrogens with two attached hydrogens (primary N) is 1. The van der Waals surface area contributed by atoms with Gasteiger partial charge in [-0.1, -0.05) is 32.1 Å². The van der Waals surface area contributed by atoms with E-state index in [-0.39, 0.29) is 6.04 Å². The van der Waals surface area contributed by atoms with Crippen molar-refractivity contribution in [1.29, 1.82) is 0 Å². The van der Waals surface area contributed by atoms with E-state index >= 15 is 0 Å². The minimum atomic E-state index is 0.00343. The largest absolute Gasteiger partial charge is 0.392 e. The number of nitrogens with zero attached hydrogens (tertiary/aromatic N) is 2. The molecule has 0 bridgehead atoms. The topological polar surface area (TPSA) is 42.1 Å². The fourth-order valence-electron chi connectivity index (χ4n) is 1.68. The van der Waals surface area contributed by atoms with Gasteiger partial charge in [-0.2, -0.15) is 0 Å². The van der Waals surface area contributed by atoms with Gasteiger partial charge in [0.05, 0.1) is 11.0 Å². The molecule has 4 heteroatoms. The summed E-state index contributed by atoms with van der Waals surface area (Å²) in [5, 5.41) is 0. The molecule has 0 radical (unpaired) electrons. The molecule has 1 aromatic heterocycles. The van der Waals surface area contributed by atoms with E-state index in [1.165, 1.54) is 0 Å². The van der Waals surface area contributed by atoms with Crippen LogP contribution in [0.5, 0.6) is 0 Å². The molecular formula is C11H17N3S. The Kier molecular flexibility index (Phi) is 4.65. The quantitative estimate of drug-likeness (QED) is 0.772. The van der Waals surface area contributed by atoms with Crippen molar-refractivity contribution < 1.29 is 0 Å². The Labute approximate surface area is 96.3 Å². The number of rotatable bonds is 5. The summed E-state index contributed by atoms with van der Waals surface area (Å²) in [4.78, 5) is 6.82. The van der Waals surface area contributed by atoms with E-state index in [9.17, 15) is 0 Å². The number of pyridine rings is 1. The summed E-state index contributed by atoms with van der Waals surface area (Å²) in [6, 6.07) is 3.92. The third-order valence-corrected chi connectivity index (χ3v) is 2.67. The minimum Gasteiger partial charge on any atom is -0.392 e. The molecule has 1 heterocycles. The molecule has 0 fully saturated rings. The zero-order valence-corrected chi connectivity index (χ0v) is 10.00. The molecule has 0 amide bonds. The van der Waals surface area contributed by atoms with Gasteiger partial charge in [0.15, 0.2) is 0 Å². The molecule has 15 heavy (non-hydrogen) atoms. The van der Waals surface area contributed by atoms with Gasteiger partial charge in [-0.05, 0) is 24.7 Å². The smallest absolute Gasteiger partial charge is 0.0948 e. The van der Waals surface area contributed by atoms with Gasteiger partial charge >= 0.3 is 0 Å². The number of hydrogen-bond donors (Lipinski definition) is 1. The second-order valence-electron chi connectivity index (χ2n) is 3.31. The third kappa shape index (κ3) is 2.97. The van der Waals surface area contributed by atoms with Crippen LogP contribution < -0.4 is 5.73 Å². The standard InChI is InChI=1S/C11H17N3S/c1-3-14(4-2)10(11(12)15)9-6-5-7-13-8-9/h5-8,10H,3-4H2,1-2H3,(H2,12,15). The molecule has 0 aliphatic rings. The van der Waals surface area contributed by atoms with Crippen molar-refractivity contribution in [2.24, 2.45) is 5.73 Å². The van der Waals surface area contributed by atoms with Gasteiger partial charge < -0.3 is 5.73 Å². The van der Waals surface area contributed by atoms with E-state index in [4.69, 9.17) is 18.0 Å². The minimum absolute atomic E-state index is 0.00343. The molecule has 1 unspecified atom stereocenters. The maximum absolute atomic E-state index is 5.78. The Morgan fingerprint density at radius 1 is 1.53 bits per heavy atom. The highest BCUT2D eigenvalue weighted by Gasteiger charge is 2.20. The van der Waals surface area contributed by atoms with Crippen LogP contribution in [0.1, 0.15) is 25.5 Å². The molecule has 1 aromatic rings. The van der Waals surface area contributed by atoms with Gasteiger partial charge in [0.2, 0.25) is 0 Å². The average Bonchev–Trinajstić information content (AvgIpc) is 2.26. The van der Waals surface area contributed by atoms with Crippen LogP contribution in [0.4, 0.5) is 0 Å². The summed E-state index contributed by atoms with van der Waals surface area (Å²) >= 11 is 5.12. The molecule has 82 valence electrons. The molecule has 1 atom stereocenters. The van der Waals surface area contributed by atoms with E-state index in [0.717, 1.165) is 18.7 Å². The van der Waals surface area contributed by atoms with Gasteiger partial charge in [-0.15, -0.1) is 0 Å². The molecular weight excluding hydrogens is 206 g/mol. The average molecular weight is 223 g/mol. The Morgan fingerprint density at radius 3 is 2.60 bits per heavy atom. The first kappa shape index (κ1) is 12.1. The van der Waals surface area contributed by atoms with E-state index in [1.807, 2.05) is 18.3 Å². The van der Waals surface area contributed by atoms with Crippen LogP contribution in [0.25, 0.3) is 0 Å². The molecule has 1 rings (SSSR count). The Bertz CT molecular complexity index is 309. The first-order chi connectivity index (χ1) is 7.20. The van der Waals surface area contributed by atoms with Crippen molar-refractivity contribution in [2.45, 2.75) is 19.9 Å². The Morgan fingerprint density at radius 2 is 2.20 bits per heavy atom. The number of hydrogen-bond acceptors (Lipinski definition) is 3. The highest BCUT2D eigenvalue weighted by Crippen LogP contribution is 2.19. The van der Waals surface area contributed by atoms with Crippen LogP contribution in [0, 0.1) is 0 Å². The molecule has 0 aromatic carbocycles. The normalized spacial score (nSPS) is 12.7. The summed E-state index contributed by atoms with van der Waals surface area (Å²) < 4.78 is 0. The van der Waals surface area contributed by atoms with Crippen LogP contribution in [0.3, 0.4) is 0 Å². The zero-order valence-electron chi connectivity index (χ0n) is 9.18. The zero-order chi connectivity index (χ0) is 11.3. The predicted octanol–water partition coefficient (Wildman–Crippen LogP) is 1.75. The predicted molar refractivity (Wildman–Crippen MR) is 66.7 cm³/mol. The highest BCUT2D eigenvalue weighted by atomic mass is 32.1. The van der Waals surface area contributed by atoms with Crippen molar-refractivity contribution in [2.75, 3.05) is 13.1 Å². The van der Waals surface area contributed by atoms with Crippen LogP contribution in [-0.2, 0) is 0 Å². The number of aromatic nitrogens is 1.